The fraction of sp³-hybridized carbons (Fsp3) is 0.348. The zero-order valence-electron chi connectivity index (χ0n) is 15.6. The van der Waals surface area contributed by atoms with Crippen molar-refractivity contribution in [2.75, 3.05) is 6.61 Å². The molecule has 0 radical (unpaired) electrons. The maximum atomic E-state index is 11.4. The third-order valence-electron chi connectivity index (χ3n) is 4.04. The number of hydrogen-bond acceptors (Lipinski definition) is 2. The van der Waals surface area contributed by atoms with Gasteiger partial charge in [0.05, 0.1) is 6.61 Å². The van der Waals surface area contributed by atoms with Crippen molar-refractivity contribution >= 4 is 5.78 Å². The van der Waals surface area contributed by atoms with Crippen LogP contribution in [0.15, 0.2) is 48.5 Å². The topological polar surface area (TPSA) is 26.3 Å². The Hall–Kier alpha value is -2.53. The van der Waals surface area contributed by atoms with Gasteiger partial charge in [-0.3, -0.25) is 4.79 Å². The predicted molar refractivity (Wildman–Crippen MR) is 103 cm³/mol. The van der Waals surface area contributed by atoms with Gasteiger partial charge in [-0.2, -0.15) is 0 Å². The van der Waals surface area contributed by atoms with E-state index < -0.39 is 0 Å². The molecule has 2 aromatic carbocycles. The summed E-state index contributed by atoms with van der Waals surface area (Å²) >= 11 is 0. The molecule has 0 aliphatic heterocycles. The van der Waals surface area contributed by atoms with Gasteiger partial charge in [0.25, 0.3) is 0 Å². The lowest BCUT2D eigenvalue weighted by Gasteiger charge is -2.23. The summed E-state index contributed by atoms with van der Waals surface area (Å²) in [5.74, 6) is 7.45. The van der Waals surface area contributed by atoms with E-state index in [0.717, 1.165) is 35.5 Å². The van der Waals surface area contributed by atoms with Crippen LogP contribution in [0.4, 0.5) is 0 Å². The molecule has 0 amide bonds. The zero-order chi connectivity index (χ0) is 18.3. The zero-order valence-corrected chi connectivity index (χ0v) is 15.6. The molecule has 25 heavy (non-hydrogen) atoms. The van der Waals surface area contributed by atoms with Crippen molar-refractivity contribution in [3.05, 3.63) is 65.2 Å². The summed E-state index contributed by atoms with van der Waals surface area (Å²) in [4.78, 5) is 11.4. The highest BCUT2D eigenvalue weighted by Crippen LogP contribution is 2.27. The van der Waals surface area contributed by atoms with Crippen LogP contribution in [0, 0.1) is 11.8 Å². The highest BCUT2D eigenvalue weighted by atomic mass is 16.5. The molecule has 0 fully saturated rings. The van der Waals surface area contributed by atoms with Crippen LogP contribution in [0.5, 0.6) is 5.75 Å². The molecule has 0 saturated heterocycles. The summed E-state index contributed by atoms with van der Waals surface area (Å²) in [5.41, 5.74) is 2.94. The van der Waals surface area contributed by atoms with Gasteiger partial charge in [0.15, 0.2) is 0 Å². The number of benzene rings is 2. The lowest BCUT2D eigenvalue weighted by Crippen LogP contribution is -2.20. The van der Waals surface area contributed by atoms with Crippen molar-refractivity contribution in [3.63, 3.8) is 0 Å². The second kappa shape index (κ2) is 8.53. The standard InChI is InChI=1S/C23H26O2/c1-5-16-25-22-14-10-20(11-15-22)7-6-19-8-12-21(13-9-19)23(3,4)17-18(2)24/h8-15H,5,16-17H2,1-4H3. The molecule has 2 aromatic rings. The SMILES string of the molecule is CCCOc1ccc(C#Cc2ccc(C(C)(C)CC(C)=O)cc2)cc1. The number of carbonyl (C=O) groups is 1. The van der Waals surface area contributed by atoms with Gasteiger partial charge >= 0.3 is 0 Å². The van der Waals surface area contributed by atoms with Crippen LogP contribution in [-0.4, -0.2) is 12.4 Å². The molecule has 0 spiro atoms. The lowest BCUT2D eigenvalue weighted by molar-refractivity contribution is -0.118. The second-order valence-corrected chi connectivity index (χ2v) is 6.96. The summed E-state index contributed by atoms with van der Waals surface area (Å²) in [7, 11) is 0. The van der Waals surface area contributed by atoms with E-state index in [1.807, 2.05) is 36.4 Å². The van der Waals surface area contributed by atoms with Gasteiger partial charge in [-0.15, -0.1) is 0 Å². The molecule has 0 aliphatic carbocycles. The largest absolute Gasteiger partial charge is 0.494 e. The minimum Gasteiger partial charge on any atom is -0.494 e. The Balaban J connectivity index is 2.07. The van der Waals surface area contributed by atoms with Crippen LogP contribution in [-0.2, 0) is 10.2 Å². The second-order valence-electron chi connectivity index (χ2n) is 6.96. The highest BCUT2D eigenvalue weighted by Gasteiger charge is 2.22. The summed E-state index contributed by atoms with van der Waals surface area (Å²) in [5, 5.41) is 0. The molecule has 0 N–H and O–H groups in total. The van der Waals surface area contributed by atoms with E-state index >= 15 is 0 Å². The average molecular weight is 334 g/mol. The van der Waals surface area contributed by atoms with Crippen molar-refractivity contribution < 1.29 is 9.53 Å². The van der Waals surface area contributed by atoms with Crippen molar-refractivity contribution in [2.45, 2.75) is 46.0 Å². The Morgan fingerprint density at radius 1 is 0.960 bits per heavy atom. The van der Waals surface area contributed by atoms with E-state index in [1.54, 1.807) is 6.92 Å². The van der Waals surface area contributed by atoms with Crippen molar-refractivity contribution in [1.82, 2.24) is 0 Å². The highest BCUT2D eigenvalue weighted by molar-refractivity contribution is 5.77. The van der Waals surface area contributed by atoms with Crippen LogP contribution < -0.4 is 4.74 Å². The van der Waals surface area contributed by atoms with Crippen molar-refractivity contribution in [2.24, 2.45) is 0 Å². The van der Waals surface area contributed by atoms with Crippen molar-refractivity contribution in [1.29, 1.82) is 0 Å². The molecular formula is C23H26O2. The summed E-state index contributed by atoms with van der Waals surface area (Å²) in [6.07, 6.45) is 1.55. The van der Waals surface area contributed by atoms with Crippen LogP contribution in [0.25, 0.3) is 0 Å². The molecule has 0 saturated carbocycles. The lowest BCUT2D eigenvalue weighted by atomic mass is 9.80. The number of rotatable bonds is 6. The Bertz CT molecular complexity index is 756. The van der Waals surface area contributed by atoms with Gasteiger partial charge in [-0.05, 0) is 60.7 Å². The van der Waals surface area contributed by atoms with E-state index in [-0.39, 0.29) is 11.2 Å². The van der Waals surface area contributed by atoms with E-state index in [1.165, 1.54) is 0 Å². The van der Waals surface area contributed by atoms with Crippen molar-refractivity contribution in [3.8, 4) is 17.6 Å². The summed E-state index contributed by atoms with van der Waals surface area (Å²) in [6, 6.07) is 16.0. The van der Waals surface area contributed by atoms with Gasteiger partial charge in [0.2, 0.25) is 0 Å². The number of Topliss-reactive ketones (excluding diaryl/α,β-unsaturated/α-hetero) is 1. The van der Waals surface area contributed by atoms with E-state index in [9.17, 15) is 4.79 Å². The molecule has 2 nitrogen and oxygen atoms in total. The molecule has 0 atom stereocenters. The molecule has 2 heteroatoms. The summed E-state index contributed by atoms with van der Waals surface area (Å²) < 4.78 is 5.57. The van der Waals surface area contributed by atoms with E-state index in [0.29, 0.717) is 6.42 Å². The summed E-state index contributed by atoms with van der Waals surface area (Å²) in [6.45, 7) is 8.65. The van der Waals surface area contributed by atoms with E-state index in [4.69, 9.17) is 4.74 Å². The molecule has 0 aromatic heterocycles. The molecule has 0 bridgehead atoms. The predicted octanol–water partition coefficient (Wildman–Crippen LogP) is 5.13. The Kier molecular flexibility index (Phi) is 6.42. The fourth-order valence-electron chi connectivity index (χ4n) is 2.73. The van der Waals surface area contributed by atoms with E-state index in [2.05, 4.69) is 44.7 Å². The molecule has 2 rings (SSSR count). The number of ether oxygens (including phenoxy) is 1. The minimum atomic E-state index is -0.147. The molecule has 0 aliphatic rings. The number of hydrogen-bond donors (Lipinski definition) is 0. The first kappa shape index (κ1) is 18.8. The van der Waals surface area contributed by atoms with Gasteiger partial charge in [-0.1, -0.05) is 44.7 Å². The molecule has 0 heterocycles. The Morgan fingerprint density at radius 2 is 1.48 bits per heavy atom. The number of carbonyl (C=O) groups excluding carboxylic acids is 1. The Morgan fingerprint density at radius 3 is 1.96 bits per heavy atom. The Labute approximate surface area is 151 Å². The monoisotopic (exact) mass is 334 g/mol. The smallest absolute Gasteiger partial charge is 0.130 e. The molecular weight excluding hydrogens is 308 g/mol. The first-order chi connectivity index (χ1) is 11.9. The van der Waals surface area contributed by atoms with Crippen LogP contribution in [0.1, 0.15) is 57.2 Å². The third kappa shape index (κ3) is 5.80. The average Bonchev–Trinajstić information content (AvgIpc) is 2.58. The normalized spacial score (nSPS) is 10.7. The first-order valence-electron chi connectivity index (χ1n) is 8.75. The van der Waals surface area contributed by atoms with Gasteiger partial charge in [0, 0.05) is 17.5 Å². The maximum Gasteiger partial charge on any atom is 0.130 e. The molecule has 0 unspecified atom stereocenters. The van der Waals surface area contributed by atoms with Crippen LogP contribution in [0.3, 0.4) is 0 Å². The van der Waals surface area contributed by atoms with Gasteiger partial charge in [0.1, 0.15) is 11.5 Å². The molecule has 130 valence electrons. The number of ketones is 1. The fourth-order valence-corrected chi connectivity index (χ4v) is 2.73. The van der Waals surface area contributed by atoms with Gasteiger partial charge < -0.3 is 4.74 Å². The van der Waals surface area contributed by atoms with Crippen LogP contribution in [0.2, 0.25) is 0 Å². The van der Waals surface area contributed by atoms with Gasteiger partial charge in [-0.25, -0.2) is 0 Å². The van der Waals surface area contributed by atoms with Crippen LogP contribution >= 0.6 is 0 Å². The minimum absolute atomic E-state index is 0.147. The third-order valence-corrected chi connectivity index (χ3v) is 4.04. The maximum absolute atomic E-state index is 11.4. The quantitative estimate of drug-likeness (QED) is 0.684. The first-order valence-corrected chi connectivity index (χ1v) is 8.75.